The van der Waals surface area contributed by atoms with Crippen LogP contribution in [0.3, 0.4) is 0 Å². The highest BCUT2D eigenvalue weighted by atomic mass is 16.7. The van der Waals surface area contributed by atoms with Gasteiger partial charge in [0.15, 0.2) is 12.6 Å². The minimum Gasteiger partial charge on any atom is -0.394 e. The van der Waals surface area contributed by atoms with Gasteiger partial charge in [0, 0.05) is 6.42 Å². The van der Waals surface area contributed by atoms with Crippen LogP contribution < -0.4 is 5.32 Å². The number of unbranched alkanes of at least 4 members (excludes halogenated alkanes) is 45. The maximum absolute atomic E-state index is 13.4. The fourth-order valence-corrected chi connectivity index (χ4v) is 12.7. The Hall–Kier alpha value is -2.05. The van der Waals surface area contributed by atoms with Crippen LogP contribution in [0.25, 0.3) is 0 Å². The van der Waals surface area contributed by atoms with E-state index in [-0.39, 0.29) is 18.9 Å². The molecule has 0 radical (unpaired) electrons. The first-order valence-electron chi connectivity index (χ1n) is 38.4. The lowest BCUT2D eigenvalue weighted by molar-refractivity contribution is -0.359. The van der Waals surface area contributed by atoms with Crippen molar-refractivity contribution in [3.63, 3.8) is 0 Å². The molecule has 2 fully saturated rings. The second-order valence-electron chi connectivity index (χ2n) is 27.1. The molecule has 14 nitrogen and oxygen atoms in total. The highest BCUT2D eigenvalue weighted by Crippen LogP contribution is 2.30. The number of nitrogens with one attached hydrogen (secondary N) is 1. The van der Waals surface area contributed by atoms with Gasteiger partial charge in [0.25, 0.3) is 0 Å². The SMILES string of the molecule is CCCCCCC/C=C\C/C=C\C/C=C\CCCCCCCCCCCCCCC(=O)NC(COC1OC(CO)C(OC2OC(CO)C(O)C(O)C2O)C(O)C1O)C(O)/C=C/CCCCCCCCCCCCCCCCCCCCCCCCCCCCCC. The molecule has 0 aliphatic carbocycles. The summed E-state index contributed by atoms with van der Waals surface area (Å²) in [7, 11) is 0. The Kier molecular flexibility index (Phi) is 57.5. The number of hydrogen-bond acceptors (Lipinski definition) is 13. The van der Waals surface area contributed by atoms with Crippen LogP contribution in [0, 0.1) is 0 Å². The minimum atomic E-state index is -1.79. The van der Waals surface area contributed by atoms with Gasteiger partial charge in [-0.25, -0.2) is 0 Å². The Labute approximate surface area is 556 Å². The lowest BCUT2D eigenvalue weighted by Crippen LogP contribution is -2.65. The van der Waals surface area contributed by atoms with Gasteiger partial charge < -0.3 is 65.1 Å². The Morgan fingerprint density at radius 1 is 0.396 bits per heavy atom. The van der Waals surface area contributed by atoms with E-state index in [0.29, 0.717) is 6.42 Å². The first-order valence-corrected chi connectivity index (χ1v) is 38.4. The quantitative estimate of drug-likeness (QED) is 0.0204. The zero-order chi connectivity index (χ0) is 65.9. The summed E-state index contributed by atoms with van der Waals surface area (Å²) in [5.41, 5.74) is 0. The van der Waals surface area contributed by atoms with E-state index in [4.69, 9.17) is 18.9 Å². The molecule has 0 aromatic carbocycles. The molecule has 0 aromatic heterocycles. The third kappa shape index (κ3) is 45.2. The summed E-state index contributed by atoms with van der Waals surface area (Å²) in [5.74, 6) is -0.237. The summed E-state index contributed by atoms with van der Waals surface area (Å²) in [4.78, 5) is 13.4. The lowest BCUT2D eigenvalue weighted by Gasteiger charge is -2.46. The predicted molar refractivity (Wildman–Crippen MR) is 374 cm³/mol. The van der Waals surface area contributed by atoms with Gasteiger partial charge in [-0.15, -0.1) is 0 Å². The molecular formula is C77H143NO13. The number of aliphatic hydroxyl groups is 8. The van der Waals surface area contributed by atoms with Crippen molar-refractivity contribution in [1.29, 1.82) is 0 Å². The molecule has 2 heterocycles. The fourth-order valence-electron chi connectivity index (χ4n) is 12.7. The van der Waals surface area contributed by atoms with E-state index >= 15 is 0 Å². The van der Waals surface area contributed by atoms with Gasteiger partial charge in [0.05, 0.1) is 32.0 Å². The summed E-state index contributed by atoms with van der Waals surface area (Å²) < 4.78 is 22.9. The van der Waals surface area contributed by atoms with Crippen molar-refractivity contribution >= 4 is 5.91 Å². The van der Waals surface area contributed by atoms with Gasteiger partial charge in [-0.05, 0) is 57.8 Å². The normalized spacial score (nSPS) is 23.0. The van der Waals surface area contributed by atoms with E-state index in [0.717, 1.165) is 51.4 Å². The molecule has 2 aliphatic rings. The van der Waals surface area contributed by atoms with Gasteiger partial charge in [-0.3, -0.25) is 4.79 Å². The van der Waals surface area contributed by atoms with Crippen LogP contribution in [0.15, 0.2) is 48.6 Å². The van der Waals surface area contributed by atoms with Crippen LogP contribution in [0.2, 0.25) is 0 Å². The smallest absolute Gasteiger partial charge is 0.220 e. The Bertz CT molecular complexity index is 1710. The highest BCUT2D eigenvalue weighted by Gasteiger charge is 2.51. The Morgan fingerprint density at radius 2 is 0.725 bits per heavy atom. The van der Waals surface area contributed by atoms with E-state index in [1.807, 2.05) is 6.08 Å². The first kappa shape index (κ1) is 85.0. The largest absolute Gasteiger partial charge is 0.394 e. The second kappa shape index (κ2) is 61.5. The van der Waals surface area contributed by atoms with Crippen molar-refractivity contribution in [2.75, 3.05) is 19.8 Å². The molecular weight excluding hydrogens is 1150 g/mol. The van der Waals surface area contributed by atoms with Gasteiger partial charge in [-0.2, -0.15) is 0 Å². The number of aliphatic hydroxyl groups excluding tert-OH is 8. The zero-order valence-electron chi connectivity index (χ0n) is 58.3. The topological polar surface area (TPSA) is 228 Å². The van der Waals surface area contributed by atoms with E-state index in [9.17, 15) is 45.6 Å². The molecule has 14 heteroatoms. The highest BCUT2D eigenvalue weighted by molar-refractivity contribution is 5.76. The van der Waals surface area contributed by atoms with Gasteiger partial charge >= 0.3 is 0 Å². The molecule has 2 rings (SSSR count). The summed E-state index contributed by atoms with van der Waals surface area (Å²) in [6, 6.07) is -0.919. The van der Waals surface area contributed by atoms with Crippen molar-refractivity contribution in [2.45, 2.75) is 415 Å². The summed E-state index contributed by atoms with van der Waals surface area (Å²) in [6.45, 7) is 2.84. The van der Waals surface area contributed by atoms with E-state index in [2.05, 4.69) is 55.6 Å². The van der Waals surface area contributed by atoms with Gasteiger partial charge in [0.2, 0.25) is 5.91 Å². The molecule has 12 unspecified atom stereocenters. The van der Waals surface area contributed by atoms with E-state index in [1.54, 1.807) is 6.08 Å². The minimum absolute atomic E-state index is 0.237. The fraction of sp³-hybridized carbons (Fsp3) is 0.883. The van der Waals surface area contributed by atoms with Crippen LogP contribution >= 0.6 is 0 Å². The number of rotatable bonds is 64. The second-order valence-corrected chi connectivity index (χ2v) is 27.1. The molecule has 0 aromatic rings. The number of ether oxygens (including phenoxy) is 4. The monoisotopic (exact) mass is 1290 g/mol. The zero-order valence-corrected chi connectivity index (χ0v) is 58.3. The van der Waals surface area contributed by atoms with Crippen LogP contribution in [-0.2, 0) is 23.7 Å². The summed E-state index contributed by atoms with van der Waals surface area (Å²) in [6.07, 6.45) is 64.6. The number of amides is 1. The molecule has 0 spiro atoms. The van der Waals surface area contributed by atoms with Gasteiger partial charge in [0.1, 0.15) is 48.8 Å². The van der Waals surface area contributed by atoms with Crippen LogP contribution in [0.1, 0.15) is 341 Å². The predicted octanol–water partition coefficient (Wildman–Crippen LogP) is 16.6. The van der Waals surface area contributed by atoms with Crippen molar-refractivity contribution in [3.05, 3.63) is 48.6 Å². The molecule has 2 saturated heterocycles. The molecule has 534 valence electrons. The Morgan fingerprint density at radius 3 is 1.11 bits per heavy atom. The van der Waals surface area contributed by atoms with Crippen LogP contribution in [0.5, 0.6) is 0 Å². The molecule has 12 atom stereocenters. The standard InChI is InChI=1S/C77H143NO13/c1-3-5-7-9-11-13-15-17-19-21-23-25-27-29-31-32-33-35-36-38-40-42-44-46-48-50-52-54-56-58-60-66(81)65(64-88-76-74(87)72(85)75(68(63-80)90-76)91-77-73(86)71(84)70(83)67(62-79)89-77)78-69(82)61-59-57-55-53-51-49-47-45-43-41-39-37-34-30-28-26-24-22-20-18-16-14-12-10-8-6-4-2/h16,18,22,24,28,30,58,60,65-68,70-77,79-81,83-87H,3-15,17,19-21,23,25-27,29,31-57,59,61-64H2,1-2H3,(H,78,82)/b18-16-,24-22-,30-28-,60-58+. The lowest BCUT2D eigenvalue weighted by atomic mass is 9.97. The average molecular weight is 1290 g/mol. The molecule has 9 N–H and O–H groups in total. The average Bonchev–Trinajstić information content (AvgIpc) is 1.07. The molecule has 91 heavy (non-hydrogen) atoms. The molecule has 2 aliphatic heterocycles. The van der Waals surface area contributed by atoms with Crippen LogP contribution in [-0.4, -0.2) is 140 Å². The third-order valence-electron chi connectivity index (χ3n) is 18.8. The van der Waals surface area contributed by atoms with Gasteiger partial charge in [-0.1, -0.05) is 326 Å². The number of carbonyl (C=O) groups excluding carboxylic acids is 1. The van der Waals surface area contributed by atoms with Crippen molar-refractivity contribution in [1.82, 2.24) is 5.32 Å². The first-order chi connectivity index (χ1) is 44.6. The third-order valence-corrected chi connectivity index (χ3v) is 18.8. The molecule has 0 saturated carbocycles. The van der Waals surface area contributed by atoms with Crippen molar-refractivity contribution in [3.8, 4) is 0 Å². The molecule has 1 amide bonds. The summed E-state index contributed by atoms with van der Waals surface area (Å²) in [5, 5.41) is 87.6. The molecule has 0 bridgehead atoms. The van der Waals surface area contributed by atoms with Crippen molar-refractivity contribution in [2.24, 2.45) is 0 Å². The van der Waals surface area contributed by atoms with E-state index < -0.39 is 86.8 Å². The van der Waals surface area contributed by atoms with E-state index in [1.165, 1.54) is 263 Å². The maximum Gasteiger partial charge on any atom is 0.220 e. The number of allylic oxidation sites excluding steroid dienone is 7. The Balaban J connectivity index is 1.65. The maximum atomic E-state index is 13.4. The van der Waals surface area contributed by atoms with Crippen LogP contribution in [0.4, 0.5) is 0 Å². The summed E-state index contributed by atoms with van der Waals surface area (Å²) >= 11 is 0. The number of carbonyl (C=O) groups is 1. The number of hydrogen-bond donors (Lipinski definition) is 9. The van der Waals surface area contributed by atoms with Crippen molar-refractivity contribution < 1.29 is 64.6 Å².